The Labute approximate surface area is 197 Å². The molecule has 1 unspecified atom stereocenters. The first-order chi connectivity index (χ1) is 16.7. The van der Waals surface area contributed by atoms with Gasteiger partial charge in [0.1, 0.15) is 18.3 Å². The molecule has 1 aromatic carbocycles. The molecule has 0 aliphatic carbocycles. The number of hydrogen-bond donors (Lipinski definition) is 2. The minimum Gasteiger partial charge on any atom is -0.480 e. The fraction of sp³-hybridized carbons (Fsp3) is 0.333. The average Bonchev–Trinajstić information content (AvgIpc) is 3.22. The summed E-state index contributed by atoms with van der Waals surface area (Å²) in [5.41, 5.74) is 1.62. The summed E-state index contributed by atoms with van der Waals surface area (Å²) in [5, 5.41) is 34.7. The number of aryl methyl sites for hydroxylation is 1. The summed E-state index contributed by atoms with van der Waals surface area (Å²) in [5.74, 6) is -0.669. The summed E-state index contributed by atoms with van der Waals surface area (Å²) in [6, 6.07) is 7.61. The van der Waals surface area contributed by atoms with Crippen molar-refractivity contribution in [3.8, 4) is 11.6 Å². The number of alkyl halides is 2. The normalized spacial score (nSPS) is 15.9. The van der Waals surface area contributed by atoms with Gasteiger partial charge in [0.05, 0.1) is 17.9 Å². The number of anilines is 1. The van der Waals surface area contributed by atoms with Crippen LogP contribution in [0.1, 0.15) is 23.4 Å². The lowest BCUT2D eigenvalue weighted by atomic mass is 10.2. The van der Waals surface area contributed by atoms with E-state index in [1.165, 1.54) is 28.9 Å². The summed E-state index contributed by atoms with van der Waals surface area (Å²) >= 11 is 0. The zero-order valence-corrected chi connectivity index (χ0v) is 18.5. The van der Waals surface area contributed by atoms with Gasteiger partial charge >= 0.3 is 12.1 Å². The van der Waals surface area contributed by atoms with Crippen LogP contribution < -0.4 is 9.64 Å². The number of benzene rings is 1. The van der Waals surface area contributed by atoms with Crippen LogP contribution in [0.3, 0.4) is 0 Å². The first-order valence-corrected chi connectivity index (χ1v) is 10.5. The maximum Gasteiger partial charge on any atom is 0.408 e. The highest BCUT2D eigenvalue weighted by Crippen LogP contribution is 2.22. The van der Waals surface area contributed by atoms with Crippen molar-refractivity contribution in [1.82, 2.24) is 30.1 Å². The van der Waals surface area contributed by atoms with E-state index in [2.05, 4.69) is 20.5 Å². The van der Waals surface area contributed by atoms with Crippen molar-refractivity contribution in [2.75, 3.05) is 24.5 Å². The Kier molecular flexibility index (Phi) is 6.71. The summed E-state index contributed by atoms with van der Waals surface area (Å²) in [4.78, 5) is 25.3. The van der Waals surface area contributed by atoms with Crippen molar-refractivity contribution in [3.05, 3.63) is 53.3 Å². The van der Waals surface area contributed by atoms with E-state index in [0.29, 0.717) is 22.9 Å². The molecule has 1 amide bonds. The minimum absolute atomic E-state index is 0.0147. The van der Waals surface area contributed by atoms with Crippen LogP contribution >= 0.6 is 0 Å². The highest BCUT2D eigenvalue weighted by atomic mass is 19.3. The van der Waals surface area contributed by atoms with Crippen LogP contribution in [0.15, 0.2) is 36.4 Å². The molecule has 184 valence electrons. The van der Waals surface area contributed by atoms with Gasteiger partial charge in [0, 0.05) is 24.7 Å². The van der Waals surface area contributed by atoms with Gasteiger partial charge in [-0.15, -0.1) is 15.3 Å². The molecule has 1 aliphatic rings. The topological polar surface area (TPSA) is 147 Å². The second-order valence-corrected chi connectivity index (χ2v) is 7.72. The van der Waals surface area contributed by atoms with Crippen molar-refractivity contribution in [2.24, 2.45) is 0 Å². The van der Waals surface area contributed by atoms with Crippen molar-refractivity contribution < 1.29 is 33.3 Å². The molecule has 35 heavy (non-hydrogen) atoms. The van der Waals surface area contributed by atoms with Gasteiger partial charge in [0.2, 0.25) is 5.88 Å². The fourth-order valence-corrected chi connectivity index (χ4v) is 3.64. The second-order valence-electron chi connectivity index (χ2n) is 7.72. The van der Waals surface area contributed by atoms with Crippen LogP contribution in [0.25, 0.3) is 5.69 Å². The van der Waals surface area contributed by atoms with E-state index in [1.54, 1.807) is 24.0 Å². The molecule has 4 rings (SSSR count). The number of amides is 1. The van der Waals surface area contributed by atoms with Crippen LogP contribution in [-0.4, -0.2) is 78.0 Å². The highest BCUT2D eigenvalue weighted by molar-refractivity contribution is 5.80. The van der Waals surface area contributed by atoms with Crippen LogP contribution in [0.2, 0.25) is 0 Å². The summed E-state index contributed by atoms with van der Waals surface area (Å²) < 4.78 is 32.8. The number of halogens is 2. The van der Waals surface area contributed by atoms with Gasteiger partial charge in [0.25, 0.3) is 6.43 Å². The smallest absolute Gasteiger partial charge is 0.408 e. The minimum atomic E-state index is -2.57. The van der Waals surface area contributed by atoms with Crippen LogP contribution in [0, 0.1) is 6.92 Å². The third-order valence-electron chi connectivity index (χ3n) is 5.56. The number of hydrogen-bond acceptors (Lipinski definition) is 8. The predicted molar refractivity (Wildman–Crippen MR) is 116 cm³/mol. The second kappa shape index (κ2) is 9.87. The Bertz CT molecular complexity index is 1200. The molecular formula is C21H21F2N7O5. The largest absolute Gasteiger partial charge is 0.480 e. The van der Waals surface area contributed by atoms with Crippen molar-refractivity contribution in [1.29, 1.82) is 0 Å². The lowest BCUT2D eigenvalue weighted by Gasteiger charge is -2.38. The average molecular weight is 489 g/mol. The molecule has 2 aromatic heterocycles. The van der Waals surface area contributed by atoms with E-state index in [1.807, 2.05) is 0 Å². The third-order valence-corrected chi connectivity index (χ3v) is 5.56. The molecule has 0 spiro atoms. The maximum atomic E-state index is 12.8. The van der Waals surface area contributed by atoms with Crippen molar-refractivity contribution in [3.63, 3.8) is 0 Å². The SMILES string of the molecule is Cc1nnn(-c2ccc(C(F)F)cc2)c1COc1ccc(N2CCN(C(=O)O)C(C(=O)O)C2)nn1. The first-order valence-electron chi connectivity index (χ1n) is 10.5. The Morgan fingerprint density at radius 3 is 2.43 bits per heavy atom. The number of carboxylic acids is 1. The Hall–Kier alpha value is -4.36. The summed E-state index contributed by atoms with van der Waals surface area (Å²) in [7, 11) is 0. The molecule has 3 aromatic rings. The van der Waals surface area contributed by atoms with E-state index < -0.39 is 24.5 Å². The van der Waals surface area contributed by atoms with E-state index in [4.69, 9.17) is 4.74 Å². The number of rotatable bonds is 7. The number of carbonyl (C=O) groups is 2. The molecule has 0 bridgehead atoms. The monoisotopic (exact) mass is 489 g/mol. The molecule has 12 nitrogen and oxygen atoms in total. The van der Waals surface area contributed by atoms with E-state index in [9.17, 15) is 28.6 Å². The molecular weight excluding hydrogens is 468 g/mol. The Morgan fingerprint density at radius 1 is 1.09 bits per heavy atom. The molecule has 1 saturated heterocycles. The van der Waals surface area contributed by atoms with Gasteiger partial charge in [-0.05, 0) is 25.1 Å². The summed E-state index contributed by atoms with van der Waals surface area (Å²) in [6.45, 7) is 1.98. The number of carboxylic acid groups (broad SMARTS) is 2. The molecule has 1 fully saturated rings. The van der Waals surface area contributed by atoms with Crippen molar-refractivity contribution >= 4 is 17.9 Å². The number of nitrogens with zero attached hydrogens (tertiary/aromatic N) is 7. The Balaban J connectivity index is 1.43. The zero-order chi connectivity index (χ0) is 25.1. The van der Waals surface area contributed by atoms with Crippen LogP contribution in [0.4, 0.5) is 19.4 Å². The number of aliphatic carboxylic acids is 1. The van der Waals surface area contributed by atoms with E-state index >= 15 is 0 Å². The third kappa shape index (κ3) is 5.10. The fourth-order valence-electron chi connectivity index (χ4n) is 3.64. The predicted octanol–water partition coefficient (Wildman–Crippen LogP) is 2.14. The van der Waals surface area contributed by atoms with Crippen molar-refractivity contribution in [2.45, 2.75) is 26.0 Å². The van der Waals surface area contributed by atoms with Gasteiger partial charge in [-0.25, -0.2) is 23.1 Å². The van der Waals surface area contributed by atoms with Gasteiger partial charge in [-0.3, -0.25) is 4.90 Å². The lowest BCUT2D eigenvalue weighted by Crippen LogP contribution is -2.58. The molecule has 1 aliphatic heterocycles. The Morgan fingerprint density at radius 2 is 1.83 bits per heavy atom. The van der Waals surface area contributed by atoms with Gasteiger partial charge in [-0.1, -0.05) is 17.3 Å². The molecule has 0 radical (unpaired) electrons. The quantitative estimate of drug-likeness (QED) is 0.506. The molecule has 1 atom stereocenters. The first kappa shape index (κ1) is 23.8. The number of piperazine rings is 1. The molecule has 0 saturated carbocycles. The van der Waals surface area contributed by atoms with E-state index in [-0.39, 0.29) is 37.7 Å². The maximum absolute atomic E-state index is 12.8. The van der Waals surface area contributed by atoms with Gasteiger partial charge in [-0.2, -0.15) is 0 Å². The van der Waals surface area contributed by atoms with E-state index in [0.717, 1.165) is 4.90 Å². The summed E-state index contributed by atoms with van der Waals surface area (Å²) in [6.07, 6.45) is -3.86. The number of aromatic nitrogens is 5. The highest BCUT2D eigenvalue weighted by Gasteiger charge is 2.36. The molecule has 3 heterocycles. The standard InChI is InChI=1S/C21H21F2N7O5/c1-12-16(30(27-24-12)14-4-2-13(3-5-14)19(22)23)11-35-18-7-6-17(25-26-18)28-8-9-29(21(33)34)15(10-28)20(31)32/h2-7,15,19H,8-11H2,1H3,(H,31,32)(H,33,34). The van der Waals surface area contributed by atoms with Gasteiger partial charge in [0.15, 0.2) is 5.82 Å². The van der Waals surface area contributed by atoms with Crippen LogP contribution in [0.5, 0.6) is 5.88 Å². The number of ether oxygens (including phenoxy) is 1. The molecule has 2 N–H and O–H groups in total. The lowest BCUT2D eigenvalue weighted by molar-refractivity contribution is -0.142. The zero-order valence-electron chi connectivity index (χ0n) is 18.5. The molecule has 14 heteroatoms. The van der Waals surface area contributed by atoms with Gasteiger partial charge < -0.3 is 19.8 Å². The van der Waals surface area contributed by atoms with Crippen LogP contribution in [-0.2, 0) is 11.4 Å².